The second kappa shape index (κ2) is 8.18. The van der Waals surface area contributed by atoms with E-state index in [1.807, 2.05) is 72.8 Å². The van der Waals surface area contributed by atoms with Gasteiger partial charge in [-0.1, -0.05) is 72.8 Å². The first-order chi connectivity index (χ1) is 20.6. The Morgan fingerprint density at radius 2 is 0.905 bits per heavy atom. The first-order valence-corrected chi connectivity index (χ1v) is 13.3. The van der Waals surface area contributed by atoms with Crippen LogP contribution in [0.2, 0.25) is 0 Å². The average molecular weight is 547 g/mol. The van der Waals surface area contributed by atoms with Gasteiger partial charge in [-0.15, -0.1) is 0 Å². The summed E-state index contributed by atoms with van der Waals surface area (Å²) in [4.78, 5) is 54.6. The van der Waals surface area contributed by atoms with Crippen LogP contribution >= 0.6 is 0 Å². The highest BCUT2D eigenvalue weighted by Crippen LogP contribution is 2.39. The van der Waals surface area contributed by atoms with Gasteiger partial charge in [0.15, 0.2) is 11.7 Å². The molecule has 0 fully saturated rings. The maximum Gasteiger partial charge on any atom is 0.226 e. The number of hydrogen-bond donors (Lipinski definition) is 4. The maximum atomic E-state index is 12.4. The molecule has 3 aromatic heterocycles. The molecular weight excluding hydrogens is 528 g/mol. The molecule has 10 nitrogen and oxygen atoms in total. The number of anilines is 2. The zero-order valence-electron chi connectivity index (χ0n) is 21.7. The number of fused-ring (bicyclic) bond motifs is 19. The van der Waals surface area contributed by atoms with Crippen LogP contribution in [0.3, 0.4) is 0 Å². The number of nitrogens with one attached hydrogen (secondary N) is 4. The van der Waals surface area contributed by atoms with Crippen LogP contribution < -0.4 is 16.3 Å². The molecule has 6 aromatic rings. The van der Waals surface area contributed by atoms with Crippen molar-refractivity contribution in [3.63, 3.8) is 0 Å². The average Bonchev–Trinajstić information content (AvgIpc) is 3.73. The summed E-state index contributed by atoms with van der Waals surface area (Å²) < 4.78 is 0. The third-order valence-electron chi connectivity index (χ3n) is 7.75. The molecule has 0 radical (unpaired) electrons. The fourth-order valence-corrected chi connectivity index (χ4v) is 5.78. The molecule has 1 aliphatic carbocycles. The summed E-state index contributed by atoms with van der Waals surface area (Å²) >= 11 is 0. The molecule has 0 unspecified atom stereocenters. The minimum atomic E-state index is -0.623. The van der Waals surface area contributed by atoms with E-state index < -0.39 is 11.6 Å². The van der Waals surface area contributed by atoms with Crippen LogP contribution in [0, 0.1) is 0 Å². The second-order valence-electron chi connectivity index (χ2n) is 10.2. The van der Waals surface area contributed by atoms with E-state index in [4.69, 9.17) is 20.0 Å². The Morgan fingerprint density at radius 3 is 1.48 bits per heavy atom. The van der Waals surface area contributed by atoms with Crippen LogP contribution in [-0.4, -0.2) is 38.2 Å². The Balaban J connectivity index is 1.42. The number of H-pyrrole nitrogens is 3. The van der Waals surface area contributed by atoms with E-state index >= 15 is 0 Å². The van der Waals surface area contributed by atoms with Crippen LogP contribution in [0.15, 0.2) is 116 Å². The molecule has 4 N–H and O–H groups in total. The van der Waals surface area contributed by atoms with Crippen LogP contribution in [0.25, 0.3) is 32.3 Å². The standard InChI is InChI=1S/C32H18N8O2/c41-23-13-21-22(14-24(23)42)32-39-30-20-12-6-4-10-18(20)28(37-30)35-26-16-8-2-1-7-15(16)25(33-26)34-27-17-9-3-5-11-19(17)29(36-27)38-31(21)40-32/h1-14,33-34,36H,(H,35,37,38,39,40). The number of carbonyl (C=O) groups is 2. The molecule has 0 saturated heterocycles. The summed E-state index contributed by atoms with van der Waals surface area (Å²) in [5.74, 6) is 2.07. The van der Waals surface area contributed by atoms with E-state index in [0.717, 1.165) is 44.0 Å². The SMILES string of the molecule is O=C1C=C2C(=CC1=O)/C1=N/c3[nH]c(c4ccccc34)Nc3[nH]c(c4ccccc34)/N=c3\[nH]c(c4ccccc34)=NC2=N1. The number of nitrogens with zero attached hydrogens (tertiary/aromatic N) is 4. The van der Waals surface area contributed by atoms with Gasteiger partial charge < -0.3 is 20.3 Å². The van der Waals surface area contributed by atoms with Crippen LogP contribution in [0.1, 0.15) is 0 Å². The normalized spacial score (nSPS) is 18.0. The first-order valence-electron chi connectivity index (χ1n) is 13.3. The van der Waals surface area contributed by atoms with E-state index in [0.29, 0.717) is 39.6 Å². The smallest absolute Gasteiger partial charge is 0.226 e. The van der Waals surface area contributed by atoms with Crippen LogP contribution in [0.4, 0.5) is 23.3 Å². The highest BCUT2D eigenvalue weighted by molar-refractivity contribution is 6.50. The number of ketones is 2. The van der Waals surface area contributed by atoms with Crippen molar-refractivity contribution in [2.75, 3.05) is 5.32 Å². The lowest BCUT2D eigenvalue weighted by Gasteiger charge is -2.06. The molecule has 0 saturated carbocycles. The molecule has 198 valence electrons. The number of hydrogen-bond acceptors (Lipinski definition) is 7. The predicted molar refractivity (Wildman–Crippen MR) is 161 cm³/mol. The van der Waals surface area contributed by atoms with Gasteiger partial charge in [-0.2, -0.15) is 0 Å². The van der Waals surface area contributed by atoms with E-state index in [-0.39, 0.29) is 5.84 Å². The van der Waals surface area contributed by atoms with Crippen molar-refractivity contribution in [1.82, 2.24) is 15.0 Å². The minimum Gasteiger partial charge on any atom is -0.327 e. The first kappa shape index (κ1) is 22.6. The number of amidine groups is 2. The minimum absolute atomic E-state index is 0.285. The van der Waals surface area contributed by atoms with Crippen LogP contribution in [0.5, 0.6) is 0 Å². The summed E-state index contributed by atoms with van der Waals surface area (Å²) in [6, 6.07) is 23.7. The van der Waals surface area contributed by atoms with Crippen molar-refractivity contribution >= 4 is 78.8 Å². The number of aromatic nitrogens is 3. The van der Waals surface area contributed by atoms with E-state index in [1.165, 1.54) is 12.2 Å². The maximum absolute atomic E-state index is 12.4. The fraction of sp³-hybridized carbons (Fsp3) is 0. The summed E-state index contributed by atoms with van der Waals surface area (Å²) in [7, 11) is 0. The Hall–Kier alpha value is -6.16. The number of allylic oxidation sites excluding steroid dienone is 2. The Morgan fingerprint density at radius 1 is 0.452 bits per heavy atom. The monoisotopic (exact) mass is 546 g/mol. The van der Waals surface area contributed by atoms with Crippen molar-refractivity contribution < 1.29 is 9.59 Å². The molecule has 0 spiro atoms. The summed E-state index contributed by atoms with van der Waals surface area (Å²) in [6.45, 7) is 0. The summed E-state index contributed by atoms with van der Waals surface area (Å²) in [5.41, 5.74) is 2.06. The molecule has 10 heteroatoms. The molecule has 9 rings (SSSR count). The third kappa shape index (κ3) is 3.20. The van der Waals surface area contributed by atoms with Gasteiger partial charge in [0.1, 0.15) is 34.2 Å². The number of carbonyl (C=O) groups excluding carboxylic acids is 2. The van der Waals surface area contributed by atoms with Gasteiger partial charge in [-0.3, -0.25) is 9.59 Å². The highest BCUT2D eigenvalue weighted by atomic mass is 16.2. The lowest BCUT2D eigenvalue weighted by Crippen LogP contribution is -2.18. The number of rotatable bonds is 0. The van der Waals surface area contributed by atoms with Crippen molar-refractivity contribution in [1.29, 1.82) is 0 Å². The molecule has 5 heterocycles. The zero-order chi connectivity index (χ0) is 27.9. The van der Waals surface area contributed by atoms with E-state index in [9.17, 15) is 9.59 Å². The number of aromatic amines is 3. The molecule has 3 aliphatic rings. The number of aliphatic imine (C=N–C) groups is 2. The Bertz CT molecular complexity index is 2480. The van der Waals surface area contributed by atoms with E-state index in [2.05, 4.69) is 20.3 Å². The fourth-order valence-electron chi connectivity index (χ4n) is 5.78. The molecule has 3 aromatic carbocycles. The molecule has 0 atom stereocenters. The molecule has 42 heavy (non-hydrogen) atoms. The molecule has 2 aliphatic heterocycles. The van der Waals surface area contributed by atoms with Gasteiger partial charge >= 0.3 is 0 Å². The molecular formula is C32H18N8O2. The van der Waals surface area contributed by atoms with Crippen molar-refractivity contribution in [3.05, 3.63) is 107 Å². The van der Waals surface area contributed by atoms with Crippen molar-refractivity contribution in [2.45, 2.75) is 0 Å². The van der Waals surface area contributed by atoms with Gasteiger partial charge in [-0.05, 0) is 0 Å². The Labute approximate surface area is 235 Å². The summed E-state index contributed by atoms with van der Waals surface area (Å²) in [6.07, 6.45) is 2.58. The lowest BCUT2D eigenvalue weighted by atomic mass is 9.97. The second-order valence-corrected chi connectivity index (χ2v) is 10.2. The van der Waals surface area contributed by atoms with Gasteiger partial charge in [0.2, 0.25) is 11.6 Å². The molecule has 0 amide bonds. The lowest BCUT2D eigenvalue weighted by molar-refractivity contribution is -0.131. The highest BCUT2D eigenvalue weighted by Gasteiger charge is 2.32. The quantitative estimate of drug-likeness (QED) is 0.159. The van der Waals surface area contributed by atoms with Crippen LogP contribution in [-0.2, 0) is 9.59 Å². The van der Waals surface area contributed by atoms with Gasteiger partial charge in [0, 0.05) is 55.6 Å². The number of benzene rings is 3. The molecule has 8 bridgehead atoms. The van der Waals surface area contributed by atoms with Gasteiger partial charge in [-0.25, -0.2) is 20.0 Å². The summed E-state index contributed by atoms with van der Waals surface area (Å²) in [5, 5.41) is 8.96. The van der Waals surface area contributed by atoms with Gasteiger partial charge in [0.25, 0.3) is 0 Å². The third-order valence-corrected chi connectivity index (χ3v) is 7.75. The van der Waals surface area contributed by atoms with Crippen molar-refractivity contribution in [3.8, 4) is 0 Å². The topological polar surface area (TPSA) is 143 Å². The Kier molecular flexibility index (Phi) is 4.41. The largest absolute Gasteiger partial charge is 0.327 e. The van der Waals surface area contributed by atoms with Crippen molar-refractivity contribution in [2.24, 2.45) is 20.0 Å². The van der Waals surface area contributed by atoms with Gasteiger partial charge in [0.05, 0.1) is 0 Å². The zero-order valence-corrected chi connectivity index (χ0v) is 21.7. The predicted octanol–water partition coefficient (Wildman–Crippen LogP) is 4.91. The van der Waals surface area contributed by atoms with E-state index in [1.54, 1.807) is 0 Å².